The first-order chi connectivity index (χ1) is 9.66. The van der Waals surface area contributed by atoms with Gasteiger partial charge in [-0.15, -0.1) is 0 Å². The Morgan fingerprint density at radius 2 is 2.00 bits per heavy atom. The van der Waals surface area contributed by atoms with E-state index in [-0.39, 0.29) is 5.69 Å². The van der Waals surface area contributed by atoms with Crippen molar-refractivity contribution in [1.82, 2.24) is 10.3 Å². The number of carbonyl (C=O) groups is 1. The molecule has 2 aromatic rings. The fourth-order valence-corrected chi connectivity index (χ4v) is 1.98. The van der Waals surface area contributed by atoms with Crippen molar-refractivity contribution in [3.63, 3.8) is 0 Å². The van der Waals surface area contributed by atoms with Gasteiger partial charge >= 0.3 is 5.97 Å². The molecule has 0 unspecified atom stereocenters. The minimum Gasteiger partial charge on any atom is -0.477 e. The molecule has 104 valence electrons. The number of nitrogens with one attached hydrogen (secondary N) is 1. The lowest BCUT2D eigenvalue weighted by Gasteiger charge is -2.15. The molecule has 0 amide bonds. The van der Waals surface area contributed by atoms with Crippen LogP contribution in [0.2, 0.25) is 0 Å². The monoisotopic (exact) mass is 271 g/mol. The van der Waals surface area contributed by atoms with Crippen molar-refractivity contribution in [1.29, 1.82) is 0 Å². The van der Waals surface area contributed by atoms with E-state index in [4.69, 9.17) is 10.8 Å². The Morgan fingerprint density at radius 3 is 2.60 bits per heavy atom. The number of fused-ring (bicyclic) bond motifs is 1. The number of nitrogens with two attached hydrogens (primary N) is 1. The Labute approximate surface area is 117 Å². The number of pyridine rings is 1. The second-order valence-electron chi connectivity index (χ2n) is 4.48. The summed E-state index contributed by atoms with van der Waals surface area (Å²) in [6.45, 7) is 2.19. The number of nitrogen functional groups attached to an aromatic ring is 1. The molecule has 0 aliphatic carbocycles. The number of benzene rings is 1. The molecule has 0 saturated carbocycles. The van der Waals surface area contributed by atoms with Gasteiger partial charge in [-0.2, -0.15) is 0 Å². The highest BCUT2D eigenvalue weighted by molar-refractivity contribution is 5.86. The van der Waals surface area contributed by atoms with Crippen molar-refractivity contribution in [3.8, 4) is 0 Å². The summed E-state index contributed by atoms with van der Waals surface area (Å²) in [4.78, 5) is 13.8. The lowest BCUT2D eigenvalue weighted by molar-refractivity contribution is 0.0690. The lowest BCUT2D eigenvalue weighted by atomic mass is 10.0. The van der Waals surface area contributed by atoms with Crippen LogP contribution in [0.1, 0.15) is 21.6 Å². The lowest BCUT2D eigenvalue weighted by Crippen LogP contribution is -2.23. The summed E-state index contributed by atoms with van der Waals surface area (Å²) in [6.07, 6.45) is 2.55. The van der Waals surface area contributed by atoms with E-state index in [2.05, 4.69) is 34.6 Å². The smallest absolute Gasteiger partial charge is 0.354 e. The van der Waals surface area contributed by atoms with Crippen LogP contribution in [0.5, 0.6) is 0 Å². The third-order valence-electron chi connectivity index (χ3n) is 3.01. The largest absolute Gasteiger partial charge is 0.477 e. The Morgan fingerprint density at radius 1 is 1.25 bits per heavy atom. The third-order valence-corrected chi connectivity index (χ3v) is 3.01. The van der Waals surface area contributed by atoms with E-state index in [1.165, 1.54) is 35.9 Å². The molecular formula is C15H17N3O2. The number of nitrogens with zero attached hydrogens (tertiary/aromatic N) is 1. The number of hydrogen-bond donors (Lipinski definition) is 3. The first-order valence-corrected chi connectivity index (χ1v) is 6.39. The molecule has 2 heterocycles. The summed E-state index contributed by atoms with van der Waals surface area (Å²) < 4.78 is 0. The molecule has 1 aromatic carbocycles. The topological polar surface area (TPSA) is 88.2 Å². The standard InChI is InChI=1S/C9H11N.C6H6N2O2/c1-2-4-9-7-10-6-5-8(9)3-1;7-4-1-2-8-5(3-4)6(9)10/h1-4,10H,5-7H2;1-3H,(H2,7,8)(H,9,10). The van der Waals surface area contributed by atoms with Gasteiger partial charge in [0.25, 0.3) is 0 Å². The van der Waals surface area contributed by atoms with Gasteiger partial charge in [0, 0.05) is 18.4 Å². The van der Waals surface area contributed by atoms with Gasteiger partial charge < -0.3 is 16.2 Å². The van der Waals surface area contributed by atoms with Crippen LogP contribution >= 0.6 is 0 Å². The quantitative estimate of drug-likeness (QED) is 0.734. The van der Waals surface area contributed by atoms with E-state index in [1.54, 1.807) is 0 Å². The van der Waals surface area contributed by atoms with Crippen LogP contribution in [0.15, 0.2) is 42.6 Å². The Hall–Kier alpha value is -2.40. The van der Waals surface area contributed by atoms with Gasteiger partial charge in [-0.3, -0.25) is 0 Å². The second kappa shape index (κ2) is 6.68. The van der Waals surface area contributed by atoms with Gasteiger partial charge in [0.05, 0.1) is 0 Å². The van der Waals surface area contributed by atoms with Gasteiger partial charge in [0.1, 0.15) is 5.69 Å². The SMILES string of the molecule is Nc1ccnc(C(=O)O)c1.c1ccc2c(c1)CCNC2. The van der Waals surface area contributed by atoms with Crippen molar-refractivity contribution in [2.75, 3.05) is 12.3 Å². The van der Waals surface area contributed by atoms with Crippen molar-refractivity contribution in [2.45, 2.75) is 13.0 Å². The summed E-state index contributed by atoms with van der Waals surface area (Å²) in [5, 5.41) is 11.7. The van der Waals surface area contributed by atoms with Crippen LogP contribution in [0.4, 0.5) is 5.69 Å². The molecular weight excluding hydrogens is 254 g/mol. The fourth-order valence-electron chi connectivity index (χ4n) is 1.98. The van der Waals surface area contributed by atoms with Crippen LogP contribution in [-0.2, 0) is 13.0 Å². The van der Waals surface area contributed by atoms with E-state index >= 15 is 0 Å². The highest BCUT2D eigenvalue weighted by Crippen LogP contribution is 2.11. The maximum atomic E-state index is 10.2. The zero-order chi connectivity index (χ0) is 14.4. The van der Waals surface area contributed by atoms with E-state index < -0.39 is 5.97 Å². The number of rotatable bonds is 1. The van der Waals surface area contributed by atoms with Crippen molar-refractivity contribution < 1.29 is 9.90 Å². The Kier molecular flexibility index (Phi) is 4.68. The number of carboxylic acid groups (broad SMARTS) is 1. The number of hydrogen-bond acceptors (Lipinski definition) is 4. The fraction of sp³-hybridized carbons (Fsp3) is 0.200. The zero-order valence-electron chi connectivity index (χ0n) is 11.0. The molecule has 0 spiro atoms. The molecule has 1 aliphatic heterocycles. The molecule has 5 nitrogen and oxygen atoms in total. The van der Waals surface area contributed by atoms with E-state index in [1.807, 2.05) is 0 Å². The highest BCUT2D eigenvalue weighted by atomic mass is 16.4. The zero-order valence-corrected chi connectivity index (χ0v) is 11.0. The minimum atomic E-state index is -1.06. The highest BCUT2D eigenvalue weighted by Gasteiger charge is 2.05. The molecule has 0 saturated heterocycles. The molecule has 20 heavy (non-hydrogen) atoms. The van der Waals surface area contributed by atoms with Crippen LogP contribution in [0, 0.1) is 0 Å². The van der Waals surface area contributed by atoms with Gasteiger partial charge in [0.2, 0.25) is 0 Å². The van der Waals surface area contributed by atoms with Crippen molar-refractivity contribution in [3.05, 3.63) is 59.4 Å². The molecule has 1 aliphatic rings. The van der Waals surface area contributed by atoms with Gasteiger partial charge in [-0.1, -0.05) is 24.3 Å². The van der Waals surface area contributed by atoms with E-state index in [0.29, 0.717) is 5.69 Å². The Balaban J connectivity index is 0.000000147. The maximum absolute atomic E-state index is 10.2. The third kappa shape index (κ3) is 3.80. The molecule has 0 fully saturated rings. The maximum Gasteiger partial charge on any atom is 0.354 e. The number of aromatic carboxylic acids is 1. The van der Waals surface area contributed by atoms with E-state index in [0.717, 1.165) is 13.1 Å². The normalized spacial score (nSPS) is 12.8. The Bertz CT molecular complexity index is 574. The average Bonchev–Trinajstić information content (AvgIpc) is 2.48. The van der Waals surface area contributed by atoms with E-state index in [9.17, 15) is 4.79 Å². The van der Waals surface area contributed by atoms with Crippen molar-refractivity contribution in [2.24, 2.45) is 0 Å². The van der Waals surface area contributed by atoms with Crippen LogP contribution in [0.25, 0.3) is 0 Å². The van der Waals surface area contributed by atoms with Crippen LogP contribution < -0.4 is 11.1 Å². The molecule has 3 rings (SSSR count). The van der Waals surface area contributed by atoms with Crippen molar-refractivity contribution >= 4 is 11.7 Å². The summed E-state index contributed by atoms with van der Waals surface area (Å²) >= 11 is 0. The van der Waals surface area contributed by atoms with Crippen LogP contribution in [0.3, 0.4) is 0 Å². The first-order valence-electron chi connectivity index (χ1n) is 6.39. The summed E-state index contributed by atoms with van der Waals surface area (Å²) in [7, 11) is 0. The molecule has 0 radical (unpaired) electrons. The van der Waals surface area contributed by atoms with Gasteiger partial charge in [-0.25, -0.2) is 9.78 Å². The minimum absolute atomic E-state index is 0.0278. The average molecular weight is 271 g/mol. The summed E-state index contributed by atoms with van der Waals surface area (Å²) in [5.74, 6) is -1.06. The summed E-state index contributed by atoms with van der Waals surface area (Å²) in [6, 6.07) is 11.5. The summed E-state index contributed by atoms with van der Waals surface area (Å²) in [5.41, 5.74) is 8.66. The molecule has 4 N–H and O–H groups in total. The van der Waals surface area contributed by atoms with Gasteiger partial charge in [0.15, 0.2) is 0 Å². The van der Waals surface area contributed by atoms with Gasteiger partial charge in [-0.05, 0) is 36.2 Å². The second-order valence-corrected chi connectivity index (χ2v) is 4.48. The predicted octanol–water partition coefficient (Wildman–Crippen LogP) is 1.69. The molecule has 0 atom stereocenters. The van der Waals surface area contributed by atoms with Crippen LogP contribution in [-0.4, -0.2) is 22.6 Å². The first kappa shape index (κ1) is 14.0. The number of aromatic nitrogens is 1. The number of carboxylic acids is 1. The molecule has 1 aromatic heterocycles. The molecule has 0 bridgehead atoms. The predicted molar refractivity (Wildman–Crippen MR) is 77.5 cm³/mol. The number of anilines is 1. The molecule has 5 heteroatoms.